The Labute approximate surface area is 111 Å². The molecule has 0 amide bonds. The van der Waals surface area contributed by atoms with Crippen molar-refractivity contribution in [3.63, 3.8) is 0 Å². The van der Waals surface area contributed by atoms with Crippen LogP contribution in [0, 0.1) is 11.8 Å². The monoisotopic (exact) mass is 255 g/mol. The van der Waals surface area contributed by atoms with E-state index < -0.39 is 0 Å². The standard InChI is InChI=1S/C15H29NO2/c1-11-3-5-12(6-4-11)15(18)16(2)13-7-9-14(17)10-8-13/h11-15,17-18H,3-10H2,1-2H3/t11?,12?,13?,14?,15-/m1/s1. The zero-order chi connectivity index (χ0) is 13.1. The highest BCUT2D eigenvalue weighted by Gasteiger charge is 2.32. The van der Waals surface area contributed by atoms with E-state index in [1.54, 1.807) is 0 Å². The third-order valence-corrected chi connectivity index (χ3v) is 5.14. The van der Waals surface area contributed by atoms with Gasteiger partial charge in [-0.25, -0.2) is 0 Å². The summed E-state index contributed by atoms with van der Waals surface area (Å²) in [4.78, 5) is 2.17. The summed E-state index contributed by atoms with van der Waals surface area (Å²) in [5.41, 5.74) is 0. The van der Waals surface area contributed by atoms with Gasteiger partial charge < -0.3 is 10.2 Å². The minimum atomic E-state index is -0.280. The van der Waals surface area contributed by atoms with Gasteiger partial charge in [0.1, 0.15) is 6.23 Å². The van der Waals surface area contributed by atoms with E-state index in [2.05, 4.69) is 18.9 Å². The Balaban J connectivity index is 1.82. The summed E-state index contributed by atoms with van der Waals surface area (Å²) in [6.07, 6.45) is 8.31. The number of aliphatic hydroxyl groups excluding tert-OH is 2. The van der Waals surface area contributed by atoms with E-state index in [9.17, 15) is 10.2 Å². The maximum atomic E-state index is 10.5. The maximum absolute atomic E-state index is 10.5. The molecule has 3 heteroatoms. The van der Waals surface area contributed by atoms with Crippen LogP contribution in [0.1, 0.15) is 58.3 Å². The van der Waals surface area contributed by atoms with Crippen LogP contribution in [0.15, 0.2) is 0 Å². The molecule has 0 bridgehead atoms. The Morgan fingerprint density at radius 1 is 0.944 bits per heavy atom. The van der Waals surface area contributed by atoms with E-state index in [0.29, 0.717) is 12.0 Å². The molecule has 1 atom stereocenters. The van der Waals surface area contributed by atoms with Gasteiger partial charge >= 0.3 is 0 Å². The van der Waals surface area contributed by atoms with Crippen LogP contribution in [-0.2, 0) is 0 Å². The summed E-state index contributed by atoms with van der Waals surface area (Å²) in [7, 11) is 2.06. The van der Waals surface area contributed by atoms with Gasteiger partial charge in [0.2, 0.25) is 0 Å². The molecule has 0 saturated heterocycles. The topological polar surface area (TPSA) is 43.7 Å². The molecule has 2 fully saturated rings. The molecule has 0 aromatic heterocycles. The van der Waals surface area contributed by atoms with Crippen LogP contribution in [0.5, 0.6) is 0 Å². The first kappa shape index (κ1) is 14.3. The lowest BCUT2D eigenvalue weighted by Crippen LogP contribution is -2.46. The van der Waals surface area contributed by atoms with Crippen molar-refractivity contribution in [2.75, 3.05) is 7.05 Å². The largest absolute Gasteiger partial charge is 0.393 e. The SMILES string of the molecule is CC1CCC([C@@H](O)N(C)C2CCC(O)CC2)CC1. The molecule has 0 spiro atoms. The lowest BCUT2D eigenvalue weighted by molar-refractivity contribution is -0.0728. The van der Waals surface area contributed by atoms with E-state index in [1.807, 2.05) is 0 Å². The summed E-state index contributed by atoms with van der Waals surface area (Å²) in [6.45, 7) is 2.31. The second-order valence-electron chi connectivity index (χ2n) is 6.56. The van der Waals surface area contributed by atoms with Crippen molar-refractivity contribution >= 4 is 0 Å². The lowest BCUT2D eigenvalue weighted by atomic mass is 9.81. The van der Waals surface area contributed by atoms with E-state index in [1.165, 1.54) is 25.7 Å². The van der Waals surface area contributed by atoms with Gasteiger partial charge in [-0.05, 0) is 57.4 Å². The highest BCUT2D eigenvalue weighted by molar-refractivity contribution is 4.82. The minimum absolute atomic E-state index is 0.109. The van der Waals surface area contributed by atoms with Crippen LogP contribution < -0.4 is 0 Å². The second-order valence-corrected chi connectivity index (χ2v) is 6.56. The Morgan fingerprint density at radius 2 is 1.50 bits per heavy atom. The van der Waals surface area contributed by atoms with Crippen molar-refractivity contribution in [3.8, 4) is 0 Å². The number of aliphatic hydroxyl groups is 2. The van der Waals surface area contributed by atoms with Gasteiger partial charge in [-0.3, -0.25) is 4.90 Å². The molecule has 0 aliphatic heterocycles. The van der Waals surface area contributed by atoms with Gasteiger partial charge in [-0.2, -0.15) is 0 Å². The Bertz CT molecular complexity index is 217. The van der Waals surface area contributed by atoms with Gasteiger partial charge in [0.15, 0.2) is 0 Å². The summed E-state index contributed by atoms with van der Waals surface area (Å²) in [5.74, 6) is 1.29. The van der Waals surface area contributed by atoms with E-state index >= 15 is 0 Å². The first-order valence-corrected chi connectivity index (χ1v) is 7.66. The number of hydrogen-bond donors (Lipinski definition) is 2. The lowest BCUT2D eigenvalue weighted by Gasteiger charge is -2.40. The van der Waals surface area contributed by atoms with Crippen molar-refractivity contribution in [2.24, 2.45) is 11.8 Å². The Morgan fingerprint density at radius 3 is 2.06 bits per heavy atom. The Kier molecular flexibility index (Phi) is 5.05. The van der Waals surface area contributed by atoms with Crippen LogP contribution in [0.25, 0.3) is 0 Å². The number of hydrogen-bond acceptors (Lipinski definition) is 3. The molecule has 0 aromatic carbocycles. The molecule has 18 heavy (non-hydrogen) atoms. The molecular formula is C15H29NO2. The fourth-order valence-corrected chi connectivity index (χ4v) is 3.60. The third kappa shape index (κ3) is 3.46. The molecule has 2 saturated carbocycles. The molecule has 3 nitrogen and oxygen atoms in total. The molecular weight excluding hydrogens is 226 g/mol. The van der Waals surface area contributed by atoms with Crippen LogP contribution in [0.4, 0.5) is 0 Å². The van der Waals surface area contributed by atoms with Crippen molar-refractivity contribution in [2.45, 2.75) is 76.7 Å². The van der Waals surface area contributed by atoms with Gasteiger partial charge in [-0.1, -0.05) is 19.8 Å². The normalized spacial score (nSPS) is 39.8. The predicted molar refractivity (Wildman–Crippen MR) is 73.2 cm³/mol. The highest BCUT2D eigenvalue weighted by Crippen LogP contribution is 2.33. The fourth-order valence-electron chi connectivity index (χ4n) is 3.60. The van der Waals surface area contributed by atoms with Crippen LogP contribution in [0.2, 0.25) is 0 Å². The average molecular weight is 255 g/mol. The van der Waals surface area contributed by atoms with Crippen molar-refractivity contribution in [3.05, 3.63) is 0 Å². The van der Waals surface area contributed by atoms with Crippen LogP contribution in [0.3, 0.4) is 0 Å². The third-order valence-electron chi connectivity index (χ3n) is 5.14. The fraction of sp³-hybridized carbons (Fsp3) is 1.00. The minimum Gasteiger partial charge on any atom is -0.393 e. The first-order chi connectivity index (χ1) is 8.58. The van der Waals surface area contributed by atoms with Crippen molar-refractivity contribution in [1.29, 1.82) is 0 Å². The van der Waals surface area contributed by atoms with E-state index in [4.69, 9.17) is 0 Å². The molecule has 2 aliphatic rings. The van der Waals surface area contributed by atoms with Crippen molar-refractivity contribution in [1.82, 2.24) is 4.90 Å². The smallest absolute Gasteiger partial charge is 0.110 e. The van der Waals surface area contributed by atoms with Gasteiger partial charge in [-0.15, -0.1) is 0 Å². The second kappa shape index (κ2) is 6.36. The van der Waals surface area contributed by atoms with Gasteiger partial charge in [0.05, 0.1) is 6.10 Å². The first-order valence-electron chi connectivity index (χ1n) is 7.66. The van der Waals surface area contributed by atoms with Gasteiger partial charge in [0.25, 0.3) is 0 Å². The molecule has 2 rings (SSSR count). The maximum Gasteiger partial charge on any atom is 0.110 e. The van der Waals surface area contributed by atoms with E-state index in [-0.39, 0.29) is 12.3 Å². The Hall–Kier alpha value is -0.120. The molecule has 0 heterocycles. The number of nitrogens with zero attached hydrogens (tertiary/aromatic N) is 1. The van der Waals surface area contributed by atoms with E-state index in [0.717, 1.165) is 31.6 Å². The van der Waals surface area contributed by atoms with Crippen molar-refractivity contribution < 1.29 is 10.2 Å². The summed E-state index contributed by atoms with van der Waals surface area (Å²) in [5, 5.41) is 20.1. The van der Waals surface area contributed by atoms with Gasteiger partial charge in [0, 0.05) is 6.04 Å². The zero-order valence-corrected chi connectivity index (χ0v) is 11.9. The molecule has 0 unspecified atom stereocenters. The van der Waals surface area contributed by atoms with Crippen LogP contribution in [-0.4, -0.2) is 40.5 Å². The summed E-state index contributed by atoms with van der Waals surface area (Å²) < 4.78 is 0. The molecule has 0 radical (unpaired) electrons. The average Bonchev–Trinajstić information content (AvgIpc) is 2.39. The summed E-state index contributed by atoms with van der Waals surface area (Å²) in [6, 6.07) is 0.461. The summed E-state index contributed by atoms with van der Waals surface area (Å²) >= 11 is 0. The zero-order valence-electron chi connectivity index (χ0n) is 11.9. The predicted octanol–water partition coefficient (Wildman–Crippen LogP) is 2.37. The number of rotatable bonds is 3. The molecule has 2 N–H and O–H groups in total. The van der Waals surface area contributed by atoms with Crippen LogP contribution >= 0.6 is 0 Å². The molecule has 106 valence electrons. The highest BCUT2D eigenvalue weighted by atomic mass is 16.3. The molecule has 2 aliphatic carbocycles. The molecule has 0 aromatic rings. The quantitative estimate of drug-likeness (QED) is 0.761.